The summed E-state index contributed by atoms with van der Waals surface area (Å²) in [5.74, 6) is 5.36. The first kappa shape index (κ1) is 12.3. The predicted octanol–water partition coefficient (Wildman–Crippen LogP) is 1.79. The van der Waals surface area contributed by atoms with Gasteiger partial charge in [0.25, 0.3) is 0 Å². The van der Waals surface area contributed by atoms with E-state index in [2.05, 4.69) is 24.4 Å². The van der Waals surface area contributed by atoms with Gasteiger partial charge in [-0.2, -0.15) is 5.10 Å². The van der Waals surface area contributed by atoms with E-state index in [0.717, 1.165) is 17.1 Å². The molecule has 0 amide bonds. The van der Waals surface area contributed by atoms with Crippen molar-refractivity contribution in [3.05, 3.63) is 11.4 Å². The lowest BCUT2D eigenvalue weighted by Gasteiger charge is -2.07. The molecule has 76 valence electrons. The summed E-state index contributed by atoms with van der Waals surface area (Å²) in [6.07, 6.45) is 0. The average Bonchev–Trinajstić information content (AvgIpc) is 2.27. The molecule has 1 aromatic heterocycles. The molecule has 0 unspecified atom stereocenters. The monoisotopic (exact) mass is 204 g/mol. The van der Waals surface area contributed by atoms with Crippen molar-refractivity contribution in [2.24, 2.45) is 5.84 Å². The first-order valence-electron chi connectivity index (χ1n) is 4.10. The zero-order valence-corrected chi connectivity index (χ0v) is 9.27. The van der Waals surface area contributed by atoms with Gasteiger partial charge in [-0.15, -0.1) is 12.4 Å². The maximum atomic E-state index is 5.36. The molecule has 0 aliphatic rings. The number of halogens is 1. The van der Waals surface area contributed by atoms with Gasteiger partial charge in [0.05, 0.1) is 17.1 Å². The minimum absolute atomic E-state index is 0. The Hall–Kier alpha value is -0.740. The second-order valence-electron chi connectivity index (χ2n) is 3.23. The van der Waals surface area contributed by atoms with E-state index in [-0.39, 0.29) is 12.4 Å². The molecule has 0 spiro atoms. The first-order chi connectivity index (χ1) is 5.57. The van der Waals surface area contributed by atoms with Crippen LogP contribution in [0, 0.1) is 13.8 Å². The number of nitrogens with zero attached hydrogens (tertiary/aromatic N) is 2. The lowest BCUT2D eigenvalue weighted by Crippen LogP contribution is -2.09. The third-order valence-corrected chi connectivity index (χ3v) is 1.96. The van der Waals surface area contributed by atoms with Crippen molar-refractivity contribution in [2.75, 3.05) is 5.43 Å². The van der Waals surface area contributed by atoms with Crippen LogP contribution in [0.2, 0.25) is 0 Å². The fourth-order valence-electron chi connectivity index (χ4n) is 1.37. The van der Waals surface area contributed by atoms with Crippen molar-refractivity contribution in [3.8, 4) is 0 Å². The average molecular weight is 205 g/mol. The molecule has 5 heteroatoms. The van der Waals surface area contributed by atoms with Crippen LogP contribution >= 0.6 is 12.4 Å². The minimum atomic E-state index is 0. The molecule has 3 N–H and O–H groups in total. The van der Waals surface area contributed by atoms with Crippen molar-refractivity contribution in [2.45, 2.75) is 33.7 Å². The highest BCUT2D eigenvalue weighted by molar-refractivity contribution is 5.85. The molecule has 13 heavy (non-hydrogen) atoms. The second-order valence-corrected chi connectivity index (χ2v) is 3.23. The number of rotatable bonds is 2. The van der Waals surface area contributed by atoms with Crippen LogP contribution in [0.15, 0.2) is 0 Å². The number of hydrazine groups is 1. The van der Waals surface area contributed by atoms with E-state index in [4.69, 9.17) is 5.84 Å². The van der Waals surface area contributed by atoms with Gasteiger partial charge >= 0.3 is 0 Å². The summed E-state index contributed by atoms with van der Waals surface area (Å²) in [6.45, 7) is 8.15. The van der Waals surface area contributed by atoms with Crippen molar-refractivity contribution < 1.29 is 0 Å². The summed E-state index contributed by atoms with van der Waals surface area (Å²) in [6, 6.07) is 0.380. The molecule has 0 aromatic carbocycles. The van der Waals surface area contributed by atoms with E-state index in [1.807, 2.05) is 18.5 Å². The Morgan fingerprint density at radius 2 is 1.92 bits per heavy atom. The molecule has 1 rings (SSSR count). The Kier molecular flexibility index (Phi) is 4.23. The van der Waals surface area contributed by atoms with Crippen LogP contribution in [0.4, 0.5) is 5.69 Å². The summed E-state index contributed by atoms with van der Waals surface area (Å²) in [4.78, 5) is 0. The molecule has 0 aliphatic carbocycles. The largest absolute Gasteiger partial charge is 0.321 e. The fraction of sp³-hybridized carbons (Fsp3) is 0.625. The van der Waals surface area contributed by atoms with Crippen molar-refractivity contribution in [3.63, 3.8) is 0 Å². The predicted molar refractivity (Wildman–Crippen MR) is 57.1 cm³/mol. The Bertz CT molecular complexity index is 280. The van der Waals surface area contributed by atoms with Crippen LogP contribution in [-0.2, 0) is 0 Å². The lowest BCUT2D eigenvalue weighted by molar-refractivity contribution is 0.516. The number of nitrogens with one attached hydrogen (secondary N) is 1. The second kappa shape index (κ2) is 4.48. The maximum absolute atomic E-state index is 5.36. The zero-order chi connectivity index (χ0) is 9.30. The Morgan fingerprint density at radius 1 is 1.38 bits per heavy atom. The van der Waals surface area contributed by atoms with Gasteiger partial charge in [-0.3, -0.25) is 10.5 Å². The fourth-order valence-corrected chi connectivity index (χ4v) is 1.37. The van der Waals surface area contributed by atoms with Crippen LogP contribution < -0.4 is 11.3 Å². The van der Waals surface area contributed by atoms with Crippen LogP contribution in [0.1, 0.15) is 31.3 Å². The van der Waals surface area contributed by atoms with E-state index >= 15 is 0 Å². The topological polar surface area (TPSA) is 55.9 Å². The summed E-state index contributed by atoms with van der Waals surface area (Å²) in [7, 11) is 0. The third-order valence-electron chi connectivity index (χ3n) is 1.96. The van der Waals surface area contributed by atoms with Gasteiger partial charge in [0, 0.05) is 6.04 Å². The molecule has 1 heterocycles. The van der Waals surface area contributed by atoms with Gasteiger partial charge in [-0.05, 0) is 27.7 Å². The van der Waals surface area contributed by atoms with Gasteiger partial charge in [0.15, 0.2) is 0 Å². The molecular formula is C8H17ClN4. The summed E-state index contributed by atoms with van der Waals surface area (Å²) in [5.41, 5.74) is 5.63. The Labute approximate surface area is 84.9 Å². The van der Waals surface area contributed by atoms with Crippen molar-refractivity contribution in [1.29, 1.82) is 0 Å². The van der Waals surface area contributed by atoms with Gasteiger partial charge in [-0.25, -0.2) is 0 Å². The zero-order valence-electron chi connectivity index (χ0n) is 8.46. The quantitative estimate of drug-likeness (QED) is 0.571. The highest BCUT2D eigenvalue weighted by Gasteiger charge is 2.11. The highest BCUT2D eigenvalue weighted by atomic mass is 35.5. The number of aromatic nitrogens is 2. The number of anilines is 1. The lowest BCUT2D eigenvalue weighted by atomic mass is 10.3. The van der Waals surface area contributed by atoms with E-state index in [1.54, 1.807) is 0 Å². The number of aryl methyl sites for hydroxylation is 1. The molecule has 1 aromatic rings. The third kappa shape index (κ3) is 2.14. The van der Waals surface area contributed by atoms with Crippen LogP contribution in [0.25, 0.3) is 0 Å². The van der Waals surface area contributed by atoms with Crippen molar-refractivity contribution >= 4 is 18.1 Å². The van der Waals surface area contributed by atoms with Gasteiger partial charge in [0.2, 0.25) is 0 Å². The summed E-state index contributed by atoms with van der Waals surface area (Å²) >= 11 is 0. The van der Waals surface area contributed by atoms with Crippen LogP contribution in [0.3, 0.4) is 0 Å². The summed E-state index contributed by atoms with van der Waals surface area (Å²) < 4.78 is 1.96. The van der Waals surface area contributed by atoms with E-state index in [9.17, 15) is 0 Å². The molecular weight excluding hydrogens is 188 g/mol. The standard InChI is InChI=1S/C8H16N4.ClH/c1-5(2)12-7(4)8(10-9)6(3)11-12;/h5,10H,9H2,1-4H3;1H. The molecule has 0 atom stereocenters. The maximum Gasteiger partial charge on any atom is 0.0928 e. The molecule has 0 aliphatic heterocycles. The molecule has 0 radical (unpaired) electrons. The Balaban J connectivity index is 0.00000144. The Morgan fingerprint density at radius 3 is 2.15 bits per heavy atom. The summed E-state index contributed by atoms with van der Waals surface area (Å²) in [5, 5.41) is 4.35. The normalized spacial score (nSPS) is 10.0. The van der Waals surface area contributed by atoms with E-state index in [0.29, 0.717) is 6.04 Å². The first-order valence-corrected chi connectivity index (χ1v) is 4.10. The molecule has 0 fully saturated rings. The number of hydrogen-bond acceptors (Lipinski definition) is 3. The van der Waals surface area contributed by atoms with Crippen molar-refractivity contribution in [1.82, 2.24) is 9.78 Å². The van der Waals surface area contributed by atoms with Crippen LogP contribution in [-0.4, -0.2) is 9.78 Å². The van der Waals surface area contributed by atoms with Gasteiger partial charge < -0.3 is 5.43 Å². The molecule has 0 saturated carbocycles. The van der Waals surface area contributed by atoms with Gasteiger partial charge in [-0.1, -0.05) is 0 Å². The molecule has 0 saturated heterocycles. The highest BCUT2D eigenvalue weighted by Crippen LogP contribution is 2.20. The SMILES string of the molecule is Cc1nn(C(C)C)c(C)c1NN.Cl. The molecule has 4 nitrogen and oxygen atoms in total. The molecule has 0 bridgehead atoms. The number of hydrogen-bond donors (Lipinski definition) is 2. The van der Waals surface area contributed by atoms with Crippen LogP contribution in [0.5, 0.6) is 0 Å². The van der Waals surface area contributed by atoms with E-state index in [1.165, 1.54) is 0 Å². The van der Waals surface area contributed by atoms with E-state index < -0.39 is 0 Å². The van der Waals surface area contributed by atoms with Gasteiger partial charge in [0.1, 0.15) is 0 Å². The number of nitrogens with two attached hydrogens (primary N) is 1. The number of nitrogen functional groups attached to an aromatic ring is 1. The smallest absolute Gasteiger partial charge is 0.0928 e. The minimum Gasteiger partial charge on any atom is -0.321 e.